The van der Waals surface area contributed by atoms with Gasteiger partial charge in [0.05, 0.1) is 23.6 Å². The molecule has 1 aromatic carbocycles. The van der Waals surface area contributed by atoms with E-state index >= 15 is 0 Å². The summed E-state index contributed by atoms with van der Waals surface area (Å²) in [5, 5.41) is 0.226. The molecule has 26 heavy (non-hydrogen) atoms. The molecule has 1 heterocycles. The molecule has 0 saturated heterocycles. The van der Waals surface area contributed by atoms with Gasteiger partial charge in [0.1, 0.15) is 0 Å². The topological polar surface area (TPSA) is 85.5 Å². The third-order valence-corrected chi connectivity index (χ3v) is 4.62. The maximum Gasteiger partial charge on any atom is 0.321 e. The van der Waals surface area contributed by atoms with Crippen LogP contribution in [0, 0.1) is 0 Å². The number of primary amides is 1. The summed E-state index contributed by atoms with van der Waals surface area (Å²) in [6.07, 6.45) is 1.40. The first-order chi connectivity index (χ1) is 12.3. The van der Waals surface area contributed by atoms with E-state index in [2.05, 4.69) is 20.9 Å². The fourth-order valence-electron chi connectivity index (χ4n) is 2.75. The normalized spacial score (nSPS) is 12.9. The molecule has 1 aromatic heterocycles. The lowest BCUT2D eigenvalue weighted by molar-refractivity contribution is -0.144. The van der Waals surface area contributed by atoms with Crippen molar-refractivity contribution in [2.75, 3.05) is 11.5 Å². The van der Waals surface area contributed by atoms with Crippen LogP contribution in [0.2, 0.25) is 5.02 Å². The van der Waals surface area contributed by atoms with Crippen molar-refractivity contribution in [3.8, 4) is 0 Å². The van der Waals surface area contributed by atoms with E-state index in [1.807, 2.05) is 30.3 Å². The van der Waals surface area contributed by atoms with Crippen LogP contribution in [-0.4, -0.2) is 23.6 Å². The zero-order valence-electron chi connectivity index (χ0n) is 14.4. The monoisotopic (exact) mass is 439 g/mol. The van der Waals surface area contributed by atoms with E-state index in [1.54, 1.807) is 19.9 Å². The van der Waals surface area contributed by atoms with Gasteiger partial charge in [-0.3, -0.25) is 9.69 Å². The maximum atomic E-state index is 12.4. The second kappa shape index (κ2) is 8.51. The van der Waals surface area contributed by atoms with Gasteiger partial charge in [-0.25, -0.2) is 9.78 Å². The number of rotatable bonds is 6. The number of ether oxygens (including phenoxy) is 1. The predicted molar refractivity (Wildman–Crippen MR) is 104 cm³/mol. The summed E-state index contributed by atoms with van der Waals surface area (Å²) in [7, 11) is 0. The van der Waals surface area contributed by atoms with Gasteiger partial charge in [-0.15, -0.1) is 0 Å². The van der Waals surface area contributed by atoms with Crippen molar-refractivity contribution in [3.63, 3.8) is 0 Å². The summed E-state index contributed by atoms with van der Waals surface area (Å²) in [5.74, 6) is -0.295. The number of hydrogen-bond donors (Lipinski definition) is 1. The fraction of sp³-hybridized carbons (Fsp3) is 0.278. The van der Waals surface area contributed by atoms with Crippen LogP contribution in [0.3, 0.4) is 0 Å². The highest BCUT2D eigenvalue weighted by Crippen LogP contribution is 2.38. The molecule has 2 N–H and O–H groups in total. The molecule has 0 aliphatic rings. The fourth-order valence-corrected chi connectivity index (χ4v) is 3.47. The lowest BCUT2D eigenvalue weighted by Crippen LogP contribution is -2.52. The number of benzene rings is 1. The first-order valence-electron chi connectivity index (χ1n) is 7.91. The largest absolute Gasteiger partial charge is 0.466 e. The van der Waals surface area contributed by atoms with E-state index < -0.39 is 17.5 Å². The van der Waals surface area contributed by atoms with Crippen molar-refractivity contribution in [3.05, 3.63) is 57.7 Å². The highest BCUT2D eigenvalue weighted by molar-refractivity contribution is 9.10. The third kappa shape index (κ3) is 4.34. The van der Waals surface area contributed by atoms with Crippen LogP contribution in [0.1, 0.15) is 25.8 Å². The molecule has 0 bridgehead atoms. The Bertz CT molecular complexity index is 804. The van der Waals surface area contributed by atoms with E-state index in [0.717, 1.165) is 0 Å². The summed E-state index contributed by atoms with van der Waals surface area (Å²) >= 11 is 9.58. The summed E-state index contributed by atoms with van der Waals surface area (Å²) in [6.45, 7) is 3.68. The molecule has 0 radical (unpaired) electrons. The van der Waals surface area contributed by atoms with E-state index in [9.17, 15) is 9.59 Å². The quantitative estimate of drug-likeness (QED) is 0.680. The number of hydrogen-bond acceptors (Lipinski definition) is 4. The zero-order chi connectivity index (χ0) is 19.3. The smallest absolute Gasteiger partial charge is 0.321 e. The minimum atomic E-state index is -1.14. The molecule has 2 rings (SSSR count). The van der Waals surface area contributed by atoms with Crippen LogP contribution < -0.4 is 10.6 Å². The van der Waals surface area contributed by atoms with Crippen molar-refractivity contribution >= 4 is 45.3 Å². The van der Waals surface area contributed by atoms with Gasteiger partial charge in [0.15, 0.2) is 5.82 Å². The molecule has 138 valence electrons. The van der Waals surface area contributed by atoms with E-state index in [4.69, 9.17) is 22.1 Å². The SMILES string of the molecule is CCOC(=O)CC(C)(c1ccccc1)N(C(N)=O)c1ncc(Br)cc1Cl. The first kappa shape index (κ1) is 20.2. The predicted octanol–water partition coefficient (Wildman–Crippen LogP) is 4.25. The molecule has 0 aliphatic heterocycles. The maximum absolute atomic E-state index is 12.4. The minimum Gasteiger partial charge on any atom is -0.466 e. The van der Waals surface area contributed by atoms with Gasteiger partial charge in [-0.05, 0) is 41.4 Å². The Balaban J connectivity index is 2.63. The number of nitrogens with two attached hydrogens (primary N) is 1. The van der Waals surface area contributed by atoms with Crippen LogP contribution in [0.4, 0.5) is 10.6 Å². The summed E-state index contributed by atoms with van der Waals surface area (Å²) in [4.78, 5) is 30.1. The molecule has 0 saturated carbocycles. The Kier molecular flexibility index (Phi) is 6.61. The number of anilines is 1. The number of amides is 2. The van der Waals surface area contributed by atoms with E-state index in [-0.39, 0.29) is 23.9 Å². The number of carbonyl (C=O) groups excluding carboxylic acids is 2. The van der Waals surface area contributed by atoms with Gasteiger partial charge >= 0.3 is 12.0 Å². The molecule has 1 unspecified atom stereocenters. The van der Waals surface area contributed by atoms with Crippen LogP contribution in [-0.2, 0) is 15.1 Å². The molecule has 0 aliphatic carbocycles. The lowest BCUT2D eigenvalue weighted by Gasteiger charge is -2.39. The highest BCUT2D eigenvalue weighted by atomic mass is 79.9. The number of nitrogens with zero attached hydrogens (tertiary/aromatic N) is 2. The van der Waals surface area contributed by atoms with Crippen LogP contribution >= 0.6 is 27.5 Å². The van der Waals surface area contributed by atoms with Gasteiger partial charge in [-0.1, -0.05) is 41.9 Å². The molecule has 8 heteroatoms. The molecule has 1 atom stereocenters. The average Bonchev–Trinajstić information content (AvgIpc) is 2.58. The van der Waals surface area contributed by atoms with Crippen molar-refractivity contribution in [2.45, 2.75) is 25.8 Å². The first-order valence-corrected chi connectivity index (χ1v) is 9.08. The van der Waals surface area contributed by atoms with Crippen molar-refractivity contribution < 1.29 is 14.3 Å². The Morgan fingerprint density at radius 3 is 2.54 bits per heavy atom. The third-order valence-electron chi connectivity index (χ3n) is 3.90. The minimum absolute atomic E-state index is 0.109. The molecule has 0 fully saturated rings. The van der Waals surface area contributed by atoms with Gasteiger partial charge in [-0.2, -0.15) is 0 Å². The van der Waals surface area contributed by atoms with Crippen molar-refractivity contribution in [2.24, 2.45) is 5.73 Å². The molecular weight excluding hydrogens is 422 g/mol. The number of esters is 1. The molecular formula is C18H19BrClN3O3. The van der Waals surface area contributed by atoms with Gasteiger partial charge in [0.2, 0.25) is 0 Å². The Labute approximate surface area is 165 Å². The zero-order valence-corrected chi connectivity index (χ0v) is 16.8. The van der Waals surface area contributed by atoms with Crippen LogP contribution in [0.5, 0.6) is 0 Å². The summed E-state index contributed by atoms with van der Waals surface area (Å²) in [5.41, 5.74) is 5.24. The number of urea groups is 1. The average molecular weight is 441 g/mol. The van der Waals surface area contributed by atoms with E-state index in [0.29, 0.717) is 10.0 Å². The van der Waals surface area contributed by atoms with Gasteiger partial charge < -0.3 is 10.5 Å². The number of aromatic nitrogens is 1. The summed E-state index contributed by atoms with van der Waals surface area (Å²) in [6, 6.07) is 9.91. The lowest BCUT2D eigenvalue weighted by atomic mass is 9.86. The van der Waals surface area contributed by atoms with Crippen LogP contribution in [0.25, 0.3) is 0 Å². The number of halogens is 2. The Morgan fingerprint density at radius 1 is 1.35 bits per heavy atom. The molecule has 0 spiro atoms. The highest BCUT2D eigenvalue weighted by Gasteiger charge is 2.41. The Morgan fingerprint density at radius 2 is 2.00 bits per heavy atom. The number of carbonyl (C=O) groups is 2. The number of pyridine rings is 1. The van der Waals surface area contributed by atoms with Gasteiger partial charge in [0.25, 0.3) is 0 Å². The second-order valence-corrected chi connectivity index (χ2v) is 7.08. The molecule has 2 amide bonds. The molecule has 6 nitrogen and oxygen atoms in total. The second-order valence-electron chi connectivity index (χ2n) is 5.75. The van der Waals surface area contributed by atoms with Crippen molar-refractivity contribution in [1.29, 1.82) is 0 Å². The van der Waals surface area contributed by atoms with Crippen molar-refractivity contribution in [1.82, 2.24) is 4.98 Å². The van der Waals surface area contributed by atoms with Crippen LogP contribution in [0.15, 0.2) is 47.1 Å². The standard InChI is InChI=1S/C18H19BrClN3O3/c1-3-26-15(24)10-18(2,12-7-5-4-6-8-12)23(17(21)25)16-14(20)9-13(19)11-22-16/h4-9,11H,3,10H2,1-2H3,(H2,21,25). The summed E-state index contributed by atoms with van der Waals surface area (Å²) < 4.78 is 5.75. The van der Waals surface area contributed by atoms with Gasteiger partial charge in [0, 0.05) is 10.7 Å². The van der Waals surface area contributed by atoms with E-state index in [1.165, 1.54) is 11.1 Å². The Hall–Kier alpha value is -2.12. The molecule has 2 aromatic rings.